The Morgan fingerprint density at radius 1 is 1.32 bits per heavy atom. The van der Waals surface area contributed by atoms with Gasteiger partial charge in [-0.05, 0) is 23.1 Å². The van der Waals surface area contributed by atoms with Crippen LogP contribution in [-0.2, 0) is 5.60 Å². The van der Waals surface area contributed by atoms with Crippen LogP contribution in [-0.4, -0.2) is 39.3 Å². The van der Waals surface area contributed by atoms with Gasteiger partial charge in [-0.15, -0.1) is 0 Å². The minimum absolute atomic E-state index is 0.101. The van der Waals surface area contributed by atoms with Crippen LogP contribution in [0.5, 0.6) is 0 Å². The predicted octanol–water partition coefficient (Wildman–Crippen LogP) is 3.45. The van der Waals surface area contributed by atoms with Crippen molar-refractivity contribution in [3.8, 4) is 6.07 Å². The van der Waals surface area contributed by atoms with Crippen molar-refractivity contribution < 1.29 is 19.4 Å². The monoisotopic (exact) mass is 383 g/mol. The first kappa shape index (κ1) is 19.8. The summed E-state index contributed by atoms with van der Waals surface area (Å²) < 4.78 is 13.8. The molecule has 3 rings (SSSR count). The molecular weight excluding hydrogens is 361 g/mol. The molecule has 1 saturated heterocycles. The van der Waals surface area contributed by atoms with E-state index < -0.39 is 23.1 Å². The van der Waals surface area contributed by atoms with Gasteiger partial charge >= 0.3 is 6.09 Å². The molecule has 0 unspecified atom stereocenters. The van der Waals surface area contributed by atoms with Gasteiger partial charge in [0.2, 0.25) is 5.95 Å². The van der Waals surface area contributed by atoms with Gasteiger partial charge in [0.15, 0.2) is 0 Å². The molecule has 28 heavy (non-hydrogen) atoms. The van der Waals surface area contributed by atoms with E-state index in [1.807, 2.05) is 12.1 Å². The van der Waals surface area contributed by atoms with Crippen LogP contribution in [0.2, 0.25) is 0 Å². The minimum atomic E-state index is -1.64. The number of hydrogen-bond acceptors (Lipinski definition) is 4. The third-order valence-corrected chi connectivity index (χ3v) is 5.60. The quantitative estimate of drug-likeness (QED) is 0.788. The van der Waals surface area contributed by atoms with Crippen LogP contribution in [0.15, 0.2) is 36.5 Å². The summed E-state index contributed by atoms with van der Waals surface area (Å²) in [6, 6.07) is 10.4. The second-order valence-electron chi connectivity index (χ2n) is 7.86. The molecule has 1 aliphatic heterocycles. The van der Waals surface area contributed by atoms with Crippen LogP contribution in [0, 0.1) is 22.7 Å². The molecule has 0 saturated carbocycles. The van der Waals surface area contributed by atoms with Gasteiger partial charge in [-0.2, -0.15) is 9.65 Å². The lowest BCUT2D eigenvalue weighted by atomic mass is 9.62. The molecule has 2 heterocycles. The number of likely N-dealkylation sites (tertiary alicyclic amines) is 1. The lowest BCUT2D eigenvalue weighted by molar-refractivity contribution is -0.124. The van der Waals surface area contributed by atoms with Gasteiger partial charge in [0.05, 0.1) is 0 Å². The van der Waals surface area contributed by atoms with Gasteiger partial charge in [0, 0.05) is 30.3 Å². The highest BCUT2D eigenvalue weighted by Gasteiger charge is 2.57. The van der Waals surface area contributed by atoms with Crippen molar-refractivity contribution in [1.82, 2.24) is 9.88 Å². The fourth-order valence-electron chi connectivity index (χ4n) is 3.86. The van der Waals surface area contributed by atoms with E-state index in [9.17, 15) is 19.4 Å². The van der Waals surface area contributed by atoms with Gasteiger partial charge in [0.25, 0.3) is 0 Å². The average Bonchev–Trinajstić information content (AvgIpc) is 2.65. The molecule has 1 fully saturated rings. The highest BCUT2D eigenvalue weighted by atomic mass is 19.1. The third-order valence-electron chi connectivity index (χ3n) is 5.60. The van der Waals surface area contributed by atoms with Gasteiger partial charge in [-0.3, -0.25) is 0 Å². The van der Waals surface area contributed by atoms with Crippen molar-refractivity contribution in [1.29, 1.82) is 5.26 Å². The second-order valence-corrected chi connectivity index (χ2v) is 7.86. The number of hydrogen-bond donors (Lipinski definition) is 2. The van der Waals surface area contributed by atoms with Gasteiger partial charge in [-0.1, -0.05) is 45.0 Å². The fraction of sp³-hybridized carbons (Fsp3) is 0.381. The molecule has 0 radical (unpaired) electrons. The number of carbonyl (C=O) groups is 1. The summed E-state index contributed by atoms with van der Waals surface area (Å²) in [7, 11) is 0. The Morgan fingerprint density at radius 3 is 2.43 bits per heavy atom. The van der Waals surface area contributed by atoms with Crippen LogP contribution in [0.3, 0.4) is 0 Å². The van der Waals surface area contributed by atoms with E-state index >= 15 is 0 Å². The number of nitrogens with zero attached hydrogens (tertiary/aromatic N) is 3. The molecule has 0 spiro atoms. The summed E-state index contributed by atoms with van der Waals surface area (Å²) in [6.07, 6.45) is 0.145. The Balaban J connectivity index is 2.14. The summed E-state index contributed by atoms with van der Waals surface area (Å²) in [5.41, 5.74) is -0.880. The number of rotatable bonds is 4. The molecule has 7 heteroatoms. The predicted molar refractivity (Wildman–Crippen MR) is 100 cm³/mol. The van der Waals surface area contributed by atoms with Crippen LogP contribution < -0.4 is 0 Å². The van der Waals surface area contributed by atoms with E-state index in [1.54, 1.807) is 25.1 Å². The fourth-order valence-corrected chi connectivity index (χ4v) is 3.86. The summed E-state index contributed by atoms with van der Waals surface area (Å²) in [6.45, 7) is 6.09. The molecule has 1 atom stereocenters. The molecule has 1 aromatic carbocycles. The topological polar surface area (TPSA) is 97.5 Å². The van der Waals surface area contributed by atoms with Crippen LogP contribution in [0.25, 0.3) is 0 Å². The number of nitriles is 1. The van der Waals surface area contributed by atoms with E-state index in [0.29, 0.717) is 11.5 Å². The molecule has 0 aliphatic carbocycles. The molecule has 2 aromatic rings. The summed E-state index contributed by atoms with van der Waals surface area (Å²) in [4.78, 5) is 16.1. The Bertz CT molecular complexity index is 946. The zero-order chi connectivity index (χ0) is 20.7. The zero-order valence-corrected chi connectivity index (χ0v) is 16.0. The van der Waals surface area contributed by atoms with E-state index in [-0.39, 0.29) is 24.2 Å². The number of pyridine rings is 1. The molecule has 0 bridgehead atoms. The minimum Gasteiger partial charge on any atom is -0.465 e. The molecule has 6 nitrogen and oxygen atoms in total. The van der Waals surface area contributed by atoms with E-state index in [1.165, 1.54) is 17.2 Å². The maximum absolute atomic E-state index is 13.8. The normalized spacial score (nSPS) is 17.5. The van der Waals surface area contributed by atoms with Crippen LogP contribution >= 0.6 is 0 Å². The van der Waals surface area contributed by atoms with Gasteiger partial charge in [-0.25, -0.2) is 9.78 Å². The van der Waals surface area contributed by atoms with Crippen LogP contribution in [0.1, 0.15) is 48.9 Å². The highest BCUT2D eigenvalue weighted by Crippen LogP contribution is 2.50. The van der Waals surface area contributed by atoms with E-state index in [4.69, 9.17) is 5.26 Å². The number of amides is 1. The van der Waals surface area contributed by atoms with E-state index in [2.05, 4.69) is 18.8 Å². The Kier molecular flexibility index (Phi) is 4.86. The number of aliphatic hydroxyl groups is 1. The lowest BCUT2D eigenvalue weighted by Crippen LogP contribution is -2.66. The average molecular weight is 383 g/mol. The number of benzene rings is 1. The molecule has 1 aliphatic rings. The van der Waals surface area contributed by atoms with Crippen molar-refractivity contribution >= 4 is 6.09 Å². The molecule has 1 aromatic heterocycles. The SMILES string of the molecule is CC(C)c1ccc([C@](O)(c2cnc(F)c(C#N)c2)C2(C)CN(C(=O)O)C2)cc1. The maximum Gasteiger partial charge on any atom is 0.407 e. The zero-order valence-electron chi connectivity index (χ0n) is 16.0. The van der Waals surface area contributed by atoms with Crippen LogP contribution in [0.4, 0.5) is 9.18 Å². The van der Waals surface area contributed by atoms with Crippen molar-refractivity contribution in [2.75, 3.05) is 13.1 Å². The summed E-state index contributed by atoms with van der Waals surface area (Å²) >= 11 is 0. The largest absolute Gasteiger partial charge is 0.465 e. The van der Waals surface area contributed by atoms with Crippen molar-refractivity contribution in [2.45, 2.75) is 32.3 Å². The Morgan fingerprint density at radius 2 is 1.93 bits per heavy atom. The summed E-state index contributed by atoms with van der Waals surface area (Å²) in [5, 5.41) is 30.3. The third kappa shape index (κ3) is 3.00. The lowest BCUT2D eigenvalue weighted by Gasteiger charge is -2.55. The molecule has 146 valence electrons. The van der Waals surface area contributed by atoms with Gasteiger partial charge in [0.1, 0.15) is 17.2 Å². The first-order valence-corrected chi connectivity index (χ1v) is 8.99. The van der Waals surface area contributed by atoms with Crippen molar-refractivity contribution in [2.24, 2.45) is 5.41 Å². The highest BCUT2D eigenvalue weighted by molar-refractivity contribution is 5.67. The first-order chi connectivity index (χ1) is 13.1. The number of aromatic nitrogens is 1. The standard InChI is InChI=1S/C21H22FN3O3/c1-13(2)14-4-6-16(7-5-14)21(28,20(3)11-25(12-20)19(26)27)17-8-15(9-23)18(22)24-10-17/h4-8,10,13,28H,11-12H2,1-3H3,(H,26,27)/t21-/m0/s1. The Hall–Kier alpha value is -2.98. The maximum atomic E-state index is 13.8. The first-order valence-electron chi connectivity index (χ1n) is 8.99. The Labute approximate surface area is 162 Å². The van der Waals surface area contributed by atoms with Crippen molar-refractivity contribution in [3.05, 3.63) is 64.7 Å². The molecule has 1 amide bonds. The van der Waals surface area contributed by atoms with Crippen molar-refractivity contribution in [3.63, 3.8) is 0 Å². The van der Waals surface area contributed by atoms with Gasteiger partial charge < -0.3 is 15.1 Å². The number of halogens is 1. The molecule has 2 N–H and O–H groups in total. The summed E-state index contributed by atoms with van der Waals surface area (Å²) in [5.74, 6) is -0.601. The second kappa shape index (κ2) is 6.88. The van der Waals surface area contributed by atoms with E-state index in [0.717, 1.165) is 5.56 Å². The number of carboxylic acid groups (broad SMARTS) is 1. The smallest absolute Gasteiger partial charge is 0.407 e. The molecular formula is C21H22FN3O3.